The molecule has 150 valence electrons. The topological polar surface area (TPSA) is 70.8 Å². The molecule has 29 heavy (non-hydrogen) atoms. The number of rotatable bonds is 4. The molecule has 4 rings (SSSR count). The minimum Gasteiger partial charge on any atom is -0.493 e. The van der Waals surface area contributed by atoms with Crippen LogP contribution < -0.4 is 14.2 Å². The van der Waals surface area contributed by atoms with Gasteiger partial charge in [0.2, 0.25) is 0 Å². The van der Waals surface area contributed by atoms with Gasteiger partial charge >= 0.3 is 0 Å². The number of nitro groups is 1. The summed E-state index contributed by atoms with van der Waals surface area (Å²) in [5, 5.41) is 14.4. The van der Waals surface area contributed by atoms with Crippen LogP contribution in [0.3, 0.4) is 0 Å². The monoisotopic (exact) mass is 433 g/mol. The van der Waals surface area contributed by atoms with E-state index in [-0.39, 0.29) is 11.3 Å². The Kier molecular flexibility index (Phi) is 5.15. The second-order valence-corrected chi connectivity index (χ2v) is 7.58. The van der Waals surface area contributed by atoms with E-state index in [4.69, 9.17) is 37.4 Å². The van der Waals surface area contributed by atoms with E-state index in [1.165, 1.54) is 0 Å². The third-order valence-corrected chi connectivity index (χ3v) is 5.71. The minimum atomic E-state index is -1.00. The molecule has 0 spiro atoms. The third kappa shape index (κ3) is 3.43. The quantitative estimate of drug-likeness (QED) is 0.402. The van der Waals surface area contributed by atoms with Crippen LogP contribution in [0.1, 0.15) is 17.2 Å². The molecule has 1 heterocycles. The summed E-state index contributed by atoms with van der Waals surface area (Å²) in [6.45, 7) is 0. The molecule has 6 nitrogen and oxygen atoms in total. The molecule has 0 aromatic heterocycles. The Bertz CT molecular complexity index is 1120. The molecule has 1 aliphatic heterocycles. The highest BCUT2D eigenvalue weighted by Gasteiger charge is 2.41. The Morgan fingerprint density at radius 2 is 1.79 bits per heavy atom. The Balaban J connectivity index is 1.86. The first kappa shape index (κ1) is 19.6. The van der Waals surface area contributed by atoms with Gasteiger partial charge in [-0.15, -0.1) is 0 Å². The second kappa shape index (κ2) is 7.61. The van der Waals surface area contributed by atoms with E-state index >= 15 is 0 Å². The van der Waals surface area contributed by atoms with Crippen molar-refractivity contribution in [1.82, 2.24) is 0 Å². The molecular formula is C21H17Cl2NO5. The standard InChI is InChI=1S/C21H17Cl2NO5/c1-27-19-7-11-3-6-18-15(14(11)10-20(19)28-2)9-17(24(25)26)21(29-18)13-5-4-12(22)8-16(13)23/h3-8,10,17,21H,9H2,1-2H3. The largest absolute Gasteiger partial charge is 0.493 e. The van der Waals surface area contributed by atoms with E-state index in [0.29, 0.717) is 32.9 Å². The minimum absolute atomic E-state index is 0.193. The van der Waals surface area contributed by atoms with Crippen molar-refractivity contribution in [3.63, 3.8) is 0 Å². The van der Waals surface area contributed by atoms with Gasteiger partial charge in [0.1, 0.15) is 5.75 Å². The highest BCUT2D eigenvalue weighted by atomic mass is 35.5. The molecule has 0 N–H and O–H groups in total. The average Bonchev–Trinajstić information content (AvgIpc) is 2.71. The van der Waals surface area contributed by atoms with Gasteiger partial charge in [-0.1, -0.05) is 35.3 Å². The molecule has 0 bridgehead atoms. The lowest BCUT2D eigenvalue weighted by Crippen LogP contribution is -2.37. The molecule has 3 aromatic rings. The molecule has 1 aliphatic rings. The van der Waals surface area contributed by atoms with Gasteiger partial charge in [0.25, 0.3) is 6.04 Å². The van der Waals surface area contributed by atoms with Crippen LogP contribution in [0.5, 0.6) is 17.2 Å². The van der Waals surface area contributed by atoms with Crippen molar-refractivity contribution in [3.8, 4) is 17.2 Å². The van der Waals surface area contributed by atoms with E-state index in [1.54, 1.807) is 32.4 Å². The van der Waals surface area contributed by atoms with Gasteiger partial charge < -0.3 is 14.2 Å². The Hall–Kier alpha value is -2.70. The molecule has 0 amide bonds. The third-order valence-electron chi connectivity index (χ3n) is 5.15. The lowest BCUT2D eigenvalue weighted by molar-refractivity contribution is -0.535. The van der Waals surface area contributed by atoms with Crippen molar-refractivity contribution in [2.24, 2.45) is 0 Å². The Morgan fingerprint density at radius 3 is 2.45 bits per heavy atom. The maximum Gasteiger partial charge on any atom is 0.257 e. The zero-order valence-corrected chi connectivity index (χ0v) is 17.2. The van der Waals surface area contributed by atoms with Gasteiger partial charge in [0, 0.05) is 32.5 Å². The lowest BCUT2D eigenvalue weighted by Gasteiger charge is -2.30. The van der Waals surface area contributed by atoms with E-state index in [1.807, 2.05) is 24.3 Å². The van der Waals surface area contributed by atoms with Crippen LogP contribution in [0.4, 0.5) is 0 Å². The molecule has 2 atom stereocenters. The number of hydrogen-bond acceptors (Lipinski definition) is 5. The fraction of sp³-hybridized carbons (Fsp3) is 0.238. The fourth-order valence-corrected chi connectivity index (χ4v) is 4.25. The van der Waals surface area contributed by atoms with Crippen LogP contribution in [-0.4, -0.2) is 25.2 Å². The number of ether oxygens (including phenoxy) is 3. The van der Waals surface area contributed by atoms with Gasteiger partial charge in [-0.05, 0) is 41.1 Å². The first-order chi connectivity index (χ1) is 13.9. The summed E-state index contributed by atoms with van der Waals surface area (Å²) in [7, 11) is 3.11. The van der Waals surface area contributed by atoms with E-state index < -0.39 is 12.1 Å². The van der Waals surface area contributed by atoms with Crippen LogP contribution in [0.25, 0.3) is 10.8 Å². The highest BCUT2D eigenvalue weighted by molar-refractivity contribution is 6.35. The average molecular weight is 434 g/mol. The van der Waals surface area contributed by atoms with Gasteiger partial charge in [-0.3, -0.25) is 10.1 Å². The summed E-state index contributed by atoms with van der Waals surface area (Å²) in [4.78, 5) is 11.6. The number of hydrogen-bond donors (Lipinski definition) is 0. The van der Waals surface area contributed by atoms with Crippen molar-refractivity contribution >= 4 is 34.0 Å². The number of benzene rings is 3. The normalized spacial score (nSPS) is 18.1. The predicted octanol–water partition coefficient (Wildman–Crippen LogP) is 5.49. The molecule has 0 radical (unpaired) electrons. The number of fused-ring (bicyclic) bond motifs is 3. The zero-order valence-electron chi connectivity index (χ0n) is 15.6. The van der Waals surface area contributed by atoms with Crippen LogP contribution >= 0.6 is 23.2 Å². The van der Waals surface area contributed by atoms with Crippen molar-refractivity contribution in [1.29, 1.82) is 0 Å². The summed E-state index contributed by atoms with van der Waals surface area (Å²) < 4.78 is 16.9. The Morgan fingerprint density at radius 1 is 1.07 bits per heavy atom. The number of methoxy groups -OCH3 is 2. The molecular weight excluding hydrogens is 417 g/mol. The SMILES string of the molecule is COc1cc2ccc3c(c2cc1OC)CC([N+](=O)[O-])C(c1ccc(Cl)cc1Cl)O3. The summed E-state index contributed by atoms with van der Waals surface area (Å²) in [6.07, 6.45) is -0.626. The summed E-state index contributed by atoms with van der Waals surface area (Å²) >= 11 is 12.3. The summed E-state index contributed by atoms with van der Waals surface area (Å²) in [5.74, 6) is 1.72. The highest BCUT2D eigenvalue weighted by Crippen LogP contribution is 2.44. The molecule has 0 fully saturated rings. The van der Waals surface area contributed by atoms with Gasteiger partial charge in [0.15, 0.2) is 17.6 Å². The number of nitrogens with zero attached hydrogens (tertiary/aromatic N) is 1. The molecule has 3 aromatic carbocycles. The van der Waals surface area contributed by atoms with Crippen molar-refractivity contribution in [2.45, 2.75) is 18.6 Å². The van der Waals surface area contributed by atoms with E-state index in [2.05, 4.69) is 0 Å². The van der Waals surface area contributed by atoms with E-state index in [9.17, 15) is 10.1 Å². The van der Waals surface area contributed by atoms with Crippen LogP contribution in [0.15, 0.2) is 42.5 Å². The second-order valence-electron chi connectivity index (χ2n) is 6.73. The zero-order chi connectivity index (χ0) is 20.7. The molecule has 0 saturated heterocycles. The first-order valence-corrected chi connectivity index (χ1v) is 9.61. The molecule has 0 saturated carbocycles. The van der Waals surface area contributed by atoms with Crippen LogP contribution in [0.2, 0.25) is 10.0 Å². The van der Waals surface area contributed by atoms with Gasteiger partial charge in [0.05, 0.1) is 14.2 Å². The summed E-state index contributed by atoms with van der Waals surface area (Å²) in [6, 6.07) is 11.3. The number of halogens is 2. The van der Waals surface area contributed by atoms with Crippen molar-refractivity contribution < 1.29 is 19.1 Å². The predicted molar refractivity (Wildman–Crippen MR) is 111 cm³/mol. The van der Waals surface area contributed by atoms with Crippen molar-refractivity contribution in [2.75, 3.05) is 14.2 Å². The molecule has 2 unspecified atom stereocenters. The van der Waals surface area contributed by atoms with Crippen molar-refractivity contribution in [3.05, 3.63) is 73.8 Å². The smallest absolute Gasteiger partial charge is 0.257 e. The van der Waals surface area contributed by atoms with E-state index in [0.717, 1.165) is 16.3 Å². The maximum absolute atomic E-state index is 11.9. The molecule has 0 aliphatic carbocycles. The first-order valence-electron chi connectivity index (χ1n) is 8.85. The summed E-state index contributed by atoms with van der Waals surface area (Å²) in [5.41, 5.74) is 1.29. The Labute approximate surface area is 177 Å². The molecule has 8 heteroatoms. The van der Waals surface area contributed by atoms with Crippen LogP contribution in [-0.2, 0) is 6.42 Å². The van der Waals surface area contributed by atoms with Crippen LogP contribution in [0, 0.1) is 10.1 Å². The van der Waals surface area contributed by atoms with Gasteiger partial charge in [-0.25, -0.2) is 0 Å². The lowest BCUT2D eigenvalue weighted by atomic mass is 9.90. The maximum atomic E-state index is 11.9. The fourth-order valence-electron chi connectivity index (χ4n) is 3.73. The van der Waals surface area contributed by atoms with Gasteiger partial charge in [-0.2, -0.15) is 0 Å².